The van der Waals surface area contributed by atoms with Gasteiger partial charge in [0.25, 0.3) is 5.91 Å². The van der Waals surface area contributed by atoms with Crippen molar-refractivity contribution in [2.24, 2.45) is 5.10 Å². The Morgan fingerprint density at radius 3 is 2.56 bits per heavy atom. The molecule has 138 valence electrons. The van der Waals surface area contributed by atoms with Gasteiger partial charge in [0.1, 0.15) is 0 Å². The zero-order chi connectivity index (χ0) is 18.9. The first kappa shape index (κ1) is 19.6. The Morgan fingerprint density at radius 1 is 1.07 bits per heavy atom. The van der Waals surface area contributed by atoms with Gasteiger partial charge in [0.15, 0.2) is 8.68 Å². The second-order valence-corrected chi connectivity index (χ2v) is 8.97. The number of rotatable bonds is 8. The molecule has 0 fully saturated rings. The lowest BCUT2D eigenvalue weighted by molar-refractivity contribution is -0.118. The van der Waals surface area contributed by atoms with Gasteiger partial charge in [0, 0.05) is 5.75 Å². The molecule has 0 aliphatic heterocycles. The molecule has 0 spiro atoms. The van der Waals surface area contributed by atoms with Crippen molar-refractivity contribution in [2.75, 3.05) is 5.75 Å². The largest absolute Gasteiger partial charge is 0.272 e. The molecule has 1 heterocycles. The van der Waals surface area contributed by atoms with Crippen LogP contribution in [0.5, 0.6) is 0 Å². The fraction of sp³-hybridized carbons (Fsp3) is 0.158. The van der Waals surface area contributed by atoms with Gasteiger partial charge in [-0.3, -0.25) is 4.79 Å². The molecule has 8 heteroatoms. The molecule has 1 aromatic heterocycles. The molecule has 5 nitrogen and oxygen atoms in total. The highest BCUT2D eigenvalue weighted by Gasteiger charge is 2.08. The van der Waals surface area contributed by atoms with E-state index < -0.39 is 0 Å². The standard InChI is InChI=1S/C19H18N4OS3/c1-14-7-5-6-10-16(14)11-20-21-17(24)13-26-19-23-22-18(27-19)25-12-15-8-3-2-4-9-15/h2-11H,12-13H2,1H3,(H,21,24)/b20-11-. The lowest BCUT2D eigenvalue weighted by atomic mass is 10.1. The van der Waals surface area contributed by atoms with Crippen LogP contribution in [0.15, 0.2) is 68.4 Å². The zero-order valence-electron chi connectivity index (χ0n) is 14.7. The predicted octanol–water partition coefficient (Wildman–Crippen LogP) is 4.38. The molecule has 0 bridgehead atoms. The summed E-state index contributed by atoms with van der Waals surface area (Å²) < 4.78 is 1.68. The first-order valence-corrected chi connectivity index (χ1v) is 11.0. The summed E-state index contributed by atoms with van der Waals surface area (Å²) in [4.78, 5) is 11.9. The Kier molecular flexibility index (Phi) is 7.44. The zero-order valence-corrected chi connectivity index (χ0v) is 17.1. The van der Waals surface area contributed by atoms with Gasteiger partial charge in [-0.2, -0.15) is 5.10 Å². The number of aromatic nitrogens is 2. The number of aryl methyl sites for hydroxylation is 1. The van der Waals surface area contributed by atoms with Crippen LogP contribution in [0.1, 0.15) is 16.7 Å². The lowest BCUT2D eigenvalue weighted by Gasteiger charge is -1.99. The summed E-state index contributed by atoms with van der Waals surface area (Å²) in [5, 5.41) is 12.3. The van der Waals surface area contributed by atoms with Gasteiger partial charge in [-0.25, -0.2) is 5.43 Å². The summed E-state index contributed by atoms with van der Waals surface area (Å²) in [5.41, 5.74) is 5.88. The van der Waals surface area contributed by atoms with Crippen molar-refractivity contribution in [2.45, 2.75) is 21.4 Å². The molecule has 0 saturated heterocycles. The second-order valence-electron chi connectivity index (χ2n) is 5.55. The molecule has 3 rings (SSSR count). The number of amides is 1. The van der Waals surface area contributed by atoms with Crippen LogP contribution in [-0.4, -0.2) is 28.1 Å². The minimum absolute atomic E-state index is 0.168. The minimum Gasteiger partial charge on any atom is -0.272 e. The van der Waals surface area contributed by atoms with Gasteiger partial charge >= 0.3 is 0 Å². The van der Waals surface area contributed by atoms with Crippen molar-refractivity contribution in [3.8, 4) is 0 Å². The highest BCUT2D eigenvalue weighted by molar-refractivity contribution is 8.03. The molecule has 0 saturated carbocycles. The van der Waals surface area contributed by atoms with E-state index in [2.05, 4.69) is 32.9 Å². The number of benzene rings is 2. The van der Waals surface area contributed by atoms with Gasteiger partial charge < -0.3 is 0 Å². The van der Waals surface area contributed by atoms with E-state index in [-0.39, 0.29) is 11.7 Å². The molecule has 1 N–H and O–H groups in total. The third kappa shape index (κ3) is 6.50. The lowest BCUT2D eigenvalue weighted by Crippen LogP contribution is -2.19. The van der Waals surface area contributed by atoms with E-state index in [1.165, 1.54) is 28.7 Å². The van der Waals surface area contributed by atoms with Crippen molar-refractivity contribution >= 4 is 47.0 Å². The van der Waals surface area contributed by atoms with Crippen molar-refractivity contribution in [1.29, 1.82) is 0 Å². The van der Waals surface area contributed by atoms with E-state index in [1.807, 2.05) is 49.4 Å². The van der Waals surface area contributed by atoms with Crippen LogP contribution in [0.25, 0.3) is 0 Å². The number of hydrogen-bond donors (Lipinski definition) is 1. The van der Waals surface area contributed by atoms with Crippen LogP contribution in [0, 0.1) is 6.92 Å². The second kappa shape index (κ2) is 10.2. The summed E-state index contributed by atoms with van der Waals surface area (Å²) in [6.45, 7) is 2.00. The smallest absolute Gasteiger partial charge is 0.250 e. The fourth-order valence-corrected chi connectivity index (χ4v) is 4.87. The molecule has 27 heavy (non-hydrogen) atoms. The maximum Gasteiger partial charge on any atom is 0.250 e. The topological polar surface area (TPSA) is 67.2 Å². The molecule has 0 atom stereocenters. The number of hydrogen-bond acceptors (Lipinski definition) is 7. The maximum absolute atomic E-state index is 11.9. The average molecular weight is 415 g/mol. The summed E-state index contributed by atoms with van der Waals surface area (Å²) in [6.07, 6.45) is 1.65. The summed E-state index contributed by atoms with van der Waals surface area (Å²) >= 11 is 4.52. The summed E-state index contributed by atoms with van der Waals surface area (Å²) in [7, 11) is 0. The third-order valence-electron chi connectivity index (χ3n) is 3.50. The number of hydrazone groups is 1. The maximum atomic E-state index is 11.9. The Bertz CT molecular complexity index is 912. The summed E-state index contributed by atoms with van der Waals surface area (Å²) in [5.74, 6) is 0.940. The van der Waals surface area contributed by atoms with Gasteiger partial charge in [-0.05, 0) is 23.6 Å². The highest BCUT2D eigenvalue weighted by Crippen LogP contribution is 2.30. The van der Waals surface area contributed by atoms with Gasteiger partial charge in [0.2, 0.25) is 0 Å². The molecule has 0 aliphatic carbocycles. The quantitative estimate of drug-likeness (QED) is 0.337. The molecule has 3 aromatic rings. The van der Waals surface area contributed by atoms with Crippen molar-refractivity contribution in [1.82, 2.24) is 15.6 Å². The Morgan fingerprint density at radius 2 is 1.78 bits per heavy atom. The van der Waals surface area contributed by atoms with Crippen LogP contribution >= 0.6 is 34.9 Å². The van der Waals surface area contributed by atoms with Crippen LogP contribution in [-0.2, 0) is 10.5 Å². The molecular weight excluding hydrogens is 396 g/mol. The molecular formula is C19H18N4OS3. The number of carbonyl (C=O) groups excluding carboxylic acids is 1. The monoisotopic (exact) mass is 414 g/mol. The molecule has 2 aromatic carbocycles. The Balaban J connectivity index is 1.41. The Hall–Kier alpha value is -2.16. The van der Waals surface area contributed by atoms with Crippen LogP contribution < -0.4 is 5.43 Å². The normalized spacial score (nSPS) is 11.0. The minimum atomic E-state index is -0.168. The van der Waals surface area contributed by atoms with E-state index >= 15 is 0 Å². The highest BCUT2D eigenvalue weighted by atomic mass is 32.2. The van der Waals surface area contributed by atoms with Crippen LogP contribution in [0.3, 0.4) is 0 Å². The predicted molar refractivity (Wildman–Crippen MR) is 114 cm³/mol. The first-order chi connectivity index (χ1) is 13.2. The average Bonchev–Trinajstić information content (AvgIpc) is 3.15. The van der Waals surface area contributed by atoms with E-state index in [1.54, 1.807) is 18.0 Å². The molecule has 0 unspecified atom stereocenters. The van der Waals surface area contributed by atoms with Gasteiger partial charge in [-0.15, -0.1) is 10.2 Å². The van der Waals surface area contributed by atoms with Gasteiger partial charge in [0.05, 0.1) is 12.0 Å². The van der Waals surface area contributed by atoms with E-state index in [4.69, 9.17) is 0 Å². The van der Waals surface area contributed by atoms with E-state index in [0.717, 1.165) is 25.6 Å². The summed E-state index contributed by atoms with van der Waals surface area (Å²) in [6, 6.07) is 18.1. The number of nitrogens with zero attached hydrogens (tertiary/aromatic N) is 3. The molecule has 1 amide bonds. The first-order valence-electron chi connectivity index (χ1n) is 8.21. The third-order valence-corrected chi connectivity index (χ3v) is 6.76. The van der Waals surface area contributed by atoms with Crippen molar-refractivity contribution in [3.63, 3.8) is 0 Å². The van der Waals surface area contributed by atoms with Crippen molar-refractivity contribution in [3.05, 3.63) is 71.3 Å². The van der Waals surface area contributed by atoms with E-state index in [9.17, 15) is 4.79 Å². The van der Waals surface area contributed by atoms with E-state index in [0.29, 0.717) is 0 Å². The number of thioether (sulfide) groups is 2. The fourth-order valence-electron chi connectivity index (χ4n) is 2.10. The van der Waals surface area contributed by atoms with Crippen LogP contribution in [0.4, 0.5) is 0 Å². The molecule has 0 aliphatic rings. The van der Waals surface area contributed by atoms with Crippen LogP contribution in [0.2, 0.25) is 0 Å². The SMILES string of the molecule is Cc1ccccc1/C=N\NC(=O)CSc1nnc(SCc2ccccc2)s1. The Labute approximate surface area is 170 Å². The number of carbonyl (C=O) groups is 1. The van der Waals surface area contributed by atoms with Crippen molar-refractivity contribution < 1.29 is 4.79 Å². The molecule has 0 radical (unpaired) electrons. The van der Waals surface area contributed by atoms with Gasteiger partial charge in [-0.1, -0.05) is 89.5 Å². The number of nitrogens with one attached hydrogen (secondary N) is 1.